The summed E-state index contributed by atoms with van der Waals surface area (Å²) in [5.41, 5.74) is 1.84. The minimum atomic E-state index is -3.95. The maximum Gasteiger partial charge on any atom is 0.321 e. The van der Waals surface area contributed by atoms with Gasteiger partial charge in [0.2, 0.25) is 6.79 Å². The molecule has 2 heterocycles. The smallest absolute Gasteiger partial charge is 0.321 e. The number of aliphatic hydroxyl groups excluding tert-OH is 1. The second-order valence-corrected chi connectivity index (χ2v) is 15.0. The summed E-state index contributed by atoms with van der Waals surface area (Å²) in [7, 11) is -2.27. The number of likely N-dealkylation sites (N-methyl/N-ethyl adjacent to an activating group) is 1. The van der Waals surface area contributed by atoms with Crippen LogP contribution in [0.5, 0.6) is 17.2 Å². The minimum Gasteiger partial charge on any atom is -0.490 e. The lowest BCUT2D eigenvalue weighted by Crippen LogP contribution is -2.48. The zero-order valence-electron chi connectivity index (χ0n) is 29.8. The Morgan fingerprint density at radius 2 is 1.71 bits per heavy atom. The molecule has 51 heavy (non-hydrogen) atoms. The van der Waals surface area contributed by atoms with Crippen LogP contribution < -0.4 is 24.2 Å². The van der Waals surface area contributed by atoms with Crippen LogP contribution in [0.15, 0.2) is 65.6 Å². The van der Waals surface area contributed by atoms with E-state index in [1.165, 1.54) is 23.1 Å². The number of amides is 3. The number of ether oxygens (including phenoxy) is 4. The maximum atomic E-state index is 14.4. The number of anilines is 2. The van der Waals surface area contributed by atoms with Crippen molar-refractivity contribution in [2.24, 2.45) is 5.92 Å². The predicted octanol–water partition coefficient (Wildman–Crippen LogP) is 5.48. The topological polar surface area (TPSA) is 156 Å². The molecule has 3 amide bonds. The molecule has 5 rings (SSSR count). The Morgan fingerprint density at radius 1 is 1.00 bits per heavy atom. The normalized spacial score (nSPS) is 20.4. The van der Waals surface area contributed by atoms with Crippen LogP contribution in [0.3, 0.4) is 0 Å². The predicted molar refractivity (Wildman–Crippen MR) is 193 cm³/mol. The van der Waals surface area contributed by atoms with Crippen LogP contribution in [0, 0.1) is 12.8 Å². The van der Waals surface area contributed by atoms with E-state index in [0.29, 0.717) is 36.0 Å². The number of nitrogens with one attached hydrogen (secondary N) is 2. The highest BCUT2D eigenvalue weighted by Gasteiger charge is 2.31. The van der Waals surface area contributed by atoms with Crippen LogP contribution in [-0.4, -0.2) is 93.7 Å². The van der Waals surface area contributed by atoms with Crippen LogP contribution >= 0.6 is 0 Å². The molecule has 0 aromatic heterocycles. The fraction of sp³-hybridized carbons (Fsp3) is 0.459. The molecule has 0 saturated carbocycles. The molecule has 2 aliphatic heterocycles. The molecule has 0 radical (unpaired) electrons. The van der Waals surface area contributed by atoms with Crippen LogP contribution in [0.1, 0.15) is 56.0 Å². The highest BCUT2D eigenvalue weighted by atomic mass is 32.2. The molecule has 0 aliphatic carbocycles. The number of benzene rings is 3. The van der Waals surface area contributed by atoms with Gasteiger partial charge in [-0.15, -0.1) is 0 Å². The average Bonchev–Trinajstić information content (AvgIpc) is 3.57. The summed E-state index contributed by atoms with van der Waals surface area (Å²) >= 11 is 0. The molecule has 2 aliphatic rings. The molecule has 276 valence electrons. The van der Waals surface area contributed by atoms with Crippen molar-refractivity contribution in [1.29, 1.82) is 0 Å². The number of rotatable bonds is 8. The lowest BCUT2D eigenvalue weighted by atomic mass is 10.0. The molecule has 14 heteroatoms. The van der Waals surface area contributed by atoms with E-state index in [0.717, 1.165) is 18.4 Å². The van der Waals surface area contributed by atoms with E-state index >= 15 is 0 Å². The minimum absolute atomic E-state index is 0.0920. The second-order valence-electron chi connectivity index (χ2n) is 13.3. The summed E-state index contributed by atoms with van der Waals surface area (Å²) in [5, 5.41) is 13.2. The summed E-state index contributed by atoms with van der Waals surface area (Å²) < 4.78 is 52.5. The molecule has 13 nitrogen and oxygen atoms in total. The Bertz CT molecular complexity index is 1790. The first-order valence-corrected chi connectivity index (χ1v) is 18.7. The van der Waals surface area contributed by atoms with Gasteiger partial charge < -0.3 is 39.2 Å². The highest BCUT2D eigenvalue weighted by molar-refractivity contribution is 7.92. The van der Waals surface area contributed by atoms with Crippen molar-refractivity contribution >= 4 is 33.3 Å². The van der Waals surface area contributed by atoms with Crippen LogP contribution in [0.25, 0.3) is 0 Å². The summed E-state index contributed by atoms with van der Waals surface area (Å²) in [5.74, 6) is 0.768. The van der Waals surface area contributed by atoms with E-state index in [1.54, 1.807) is 61.3 Å². The first kappa shape index (κ1) is 37.7. The standard InChI is InChI=1S/C37H48N4O9S/c1-24-9-13-30(14-10-24)51(45,46)39-29-12-15-32-31(18-29)36(43)41(26(3)22-42)20-25(2)35(47-17-7-6-8-27(4)50-32)21-40(5)37(44)38-28-11-16-33-34(19-28)49-23-48-33/h9-16,18-19,25-27,35,39,42H,6-8,17,20-23H2,1-5H3,(H,38,44)/t25-,26-,27-,35+/m0/s1. The Hall–Kier alpha value is -4.53. The number of carbonyl (C=O) groups is 2. The van der Waals surface area contributed by atoms with Crippen molar-refractivity contribution in [2.45, 2.75) is 70.1 Å². The number of fused-ring (bicyclic) bond motifs is 2. The Morgan fingerprint density at radius 3 is 2.45 bits per heavy atom. The van der Waals surface area contributed by atoms with Crippen LogP contribution in [0.2, 0.25) is 0 Å². The van der Waals surface area contributed by atoms with Gasteiger partial charge in [0.1, 0.15) is 5.75 Å². The van der Waals surface area contributed by atoms with Gasteiger partial charge in [-0.05, 0) is 82.5 Å². The van der Waals surface area contributed by atoms with E-state index < -0.39 is 28.1 Å². The zero-order valence-corrected chi connectivity index (χ0v) is 30.6. The maximum absolute atomic E-state index is 14.4. The molecule has 0 fully saturated rings. The summed E-state index contributed by atoms with van der Waals surface area (Å²) in [6.07, 6.45) is 1.54. The van der Waals surface area contributed by atoms with E-state index in [2.05, 4.69) is 10.0 Å². The van der Waals surface area contributed by atoms with Gasteiger partial charge in [0.15, 0.2) is 11.5 Å². The third-order valence-electron chi connectivity index (χ3n) is 9.06. The van der Waals surface area contributed by atoms with Gasteiger partial charge in [0.25, 0.3) is 15.9 Å². The van der Waals surface area contributed by atoms with Gasteiger partial charge in [-0.1, -0.05) is 24.6 Å². The monoisotopic (exact) mass is 724 g/mol. The van der Waals surface area contributed by atoms with Crippen molar-refractivity contribution in [3.8, 4) is 17.2 Å². The van der Waals surface area contributed by atoms with Gasteiger partial charge in [0.05, 0.1) is 35.3 Å². The van der Waals surface area contributed by atoms with Gasteiger partial charge in [-0.2, -0.15) is 0 Å². The van der Waals surface area contributed by atoms with Crippen molar-refractivity contribution < 1.29 is 42.1 Å². The third kappa shape index (κ3) is 9.63. The van der Waals surface area contributed by atoms with Crippen molar-refractivity contribution in [1.82, 2.24) is 9.80 Å². The number of urea groups is 1. The van der Waals surface area contributed by atoms with E-state index in [-0.39, 0.29) is 60.7 Å². The fourth-order valence-electron chi connectivity index (χ4n) is 5.93. The van der Waals surface area contributed by atoms with E-state index in [9.17, 15) is 23.1 Å². The lowest BCUT2D eigenvalue weighted by molar-refractivity contribution is -0.0115. The number of aliphatic hydroxyl groups is 1. The molecule has 0 spiro atoms. The Kier molecular flexibility index (Phi) is 12.3. The molecule has 3 N–H and O–H groups in total. The molecular formula is C37H48N4O9S. The van der Waals surface area contributed by atoms with Gasteiger partial charge in [-0.3, -0.25) is 9.52 Å². The number of hydrogen-bond acceptors (Lipinski definition) is 9. The summed E-state index contributed by atoms with van der Waals surface area (Å²) in [6, 6.07) is 15.4. The van der Waals surface area contributed by atoms with Gasteiger partial charge in [0, 0.05) is 50.1 Å². The van der Waals surface area contributed by atoms with E-state index in [1.807, 2.05) is 20.8 Å². The fourth-order valence-corrected chi connectivity index (χ4v) is 6.98. The quantitative estimate of drug-likeness (QED) is 0.274. The van der Waals surface area contributed by atoms with Crippen LogP contribution in [-0.2, 0) is 14.8 Å². The molecule has 4 atom stereocenters. The molecule has 0 saturated heterocycles. The Balaban J connectivity index is 1.39. The zero-order chi connectivity index (χ0) is 36.7. The highest BCUT2D eigenvalue weighted by Crippen LogP contribution is 2.34. The van der Waals surface area contributed by atoms with Crippen LogP contribution in [0.4, 0.5) is 16.2 Å². The SMILES string of the molecule is Cc1ccc(S(=O)(=O)Nc2ccc3c(c2)C(=O)N([C@@H](C)CO)C[C@H](C)[C@@H](CN(C)C(=O)Nc2ccc4c(c2)OCO4)OCCCC[C@H](C)O3)cc1. The van der Waals surface area contributed by atoms with E-state index in [4.69, 9.17) is 18.9 Å². The summed E-state index contributed by atoms with van der Waals surface area (Å²) in [4.78, 5) is 30.9. The molecule has 0 unspecified atom stereocenters. The first-order valence-electron chi connectivity index (χ1n) is 17.2. The number of sulfonamides is 1. The largest absolute Gasteiger partial charge is 0.490 e. The van der Waals surface area contributed by atoms with Gasteiger partial charge in [-0.25, -0.2) is 13.2 Å². The molecule has 3 aromatic carbocycles. The molecule has 3 aromatic rings. The van der Waals surface area contributed by atoms with Gasteiger partial charge >= 0.3 is 6.03 Å². The lowest BCUT2D eigenvalue weighted by Gasteiger charge is -2.35. The average molecular weight is 725 g/mol. The van der Waals surface area contributed by atoms with Crippen molar-refractivity contribution in [3.05, 3.63) is 71.8 Å². The Labute approximate surface area is 299 Å². The van der Waals surface area contributed by atoms with Crippen molar-refractivity contribution in [2.75, 3.05) is 50.2 Å². The number of hydrogen-bond donors (Lipinski definition) is 3. The second kappa shape index (κ2) is 16.7. The molecular weight excluding hydrogens is 676 g/mol. The number of aryl methyl sites for hydroxylation is 1. The molecule has 0 bridgehead atoms. The number of carbonyl (C=O) groups excluding carboxylic acids is 2. The summed E-state index contributed by atoms with van der Waals surface area (Å²) in [6.45, 7) is 8.14. The van der Waals surface area contributed by atoms with Crippen molar-refractivity contribution in [3.63, 3.8) is 0 Å². The third-order valence-corrected chi connectivity index (χ3v) is 10.5. The number of nitrogens with zero attached hydrogens (tertiary/aromatic N) is 2. The first-order chi connectivity index (χ1) is 24.3.